The molecule has 0 radical (unpaired) electrons. The molecule has 21 heavy (non-hydrogen) atoms. The maximum atomic E-state index is 11.3. The number of ether oxygens (including phenoxy) is 1. The van der Waals surface area contributed by atoms with Gasteiger partial charge in [0.1, 0.15) is 0 Å². The first kappa shape index (κ1) is 16.4. The first-order chi connectivity index (χ1) is 10.0. The molecule has 0 aliphatic heterocycles. The summed E-state index contributed by atoms with van der Waals surface area (Å²) in [7, 11) is 1.51. The Morgan fingerprint density at radius 2 is 2.24 bits per heavy atom. The number of anilines is 1. The first-order valence-corrected chi connectivity index (χ1v) is 6.13. The molecular weight excluding hydrogens is 278 g/mol. The number of methoxy groups -OCH3 is 1. The van der Waals surface area contributed by atoms with Gasteiger partial charge in [-0.25, -0.2) is 4.79 Å². The highest BCUT2D eigenvalue weighted by molar-refractivity contribution is 5.95. The molecule has 8 nitrogen and oxygen atoms in total. The molecule has 1 rings (SSSR count). The molecule has 0 aromatic heterocycles. The minimum atomic E-state index is -1.26. The average Bonchev–Trinajstić information content (AvgIpc) is 2.46. The molecule has 1 N–H and O–H groups in total. The largest absolute Gasteiger partial charge is 0.478 e. The van der Waals surface area contributed by atoms with Gasteiger partial charge in [-0.3, -0.25) is 10.1 Å². The maximum absolute atomic E-state index is 11.3. The number of nitriles is 1. The van der Waals surface area contributed by atoms with Crippen molar-refractivity contribution in [3.05, 3.63) is 33.9 Å². The fourth-order valence-electron chi connectivity index (χ4n) is 1.82. The van der Waals surface area contributed by atoms with Crippen LogP contribution in [0.4, 0.5) is 11.4 Å². The standard InChI is InChI=1S/C13H15N3O5/c1-21-8-7-15(6-2-5-14)12-4-3-10(16(19)20)9-11(12)13(17)18/h3-4,9H,2,6-8H2,1H3,(H,17,18). The van der Waals surface area contributed by atoms with Crippen molar-refractivity contribution in [1.82, 2.24) is 0 Å². The summed E-state index contributed by atoms with van der Waals surface area (Å²) in [6.45, 7) is 1.05. The zero-order valence-corrected chi connectivity index (χ0v) is 11.5. The molecule has 112 valence electrons. The number of carboxylic acids is 1. The van der Waals surface area contributed by atoms with E-state index in [1.54, 1.807) is 4.90 Å². The number of carbonyl (C=O) groups is 1. The van der Waals surface area contributed by atoms with E-state index in [-0.39, 0.29) is 17.7 Å². The minimum absolute atomic E-state index is 0.168. The van der Waals surface area contributed by atoms with Gasteiger partial charge in [-0.1, -0.05) is 0 Å². The third-order valence-electron chi connectivity index (χ3n) is 2.82. The number of benzene rings is 1. The molecule has 0 spiro atoms. The van der Waals surface area contributed by atoms with E-state index in [0.717, 1.165) is 6.07 Å². The topological polar surface area (TPSA) is 117 Å². The number of nitro groups is 1. The van der Waals surface area contributed by atoms with E-state index in [1.165, 1.54) is 19.2 Å². The van der Waals surface area contributed by atoms with Crippen LogP contribution in [0.1, 0.15) is 16.8 Å². The van der Waals surface area contributed by atoms with Gasteiger partial charge in [0.2, 0.25) is 0 Å². The summed E-state index contributed by atoms with van der Waals surface area (Å²) in [5.74, 6) is -1.26. The van der Waals surface area contributed by atoms with Crippen molar-refractivity contribution >= 4 is 17.3 Å². The smallest absolute Gasteiger partial charge is 0.338 e. The van der Waals surface area contributed by atoms with Crippen molar-refractivity contribution in [3.8, 4) is 6.07 Å². The Morgan fingerprint density at radius 3 is 2.76 bits per heavy atom. The van der Waals surface area contributed by atoms with Gasteiger partial charge in [-0.2, -0.15) is 5.26 Å². The molecule has 0 aliphatic carbocycles. The van der Waals surface area contributed by atoms with Crippen LogP contribution in [0, 0.1) is 21.4 Å². The Bertz CT molecular complexity index is 567. The molecule has 0 fully saturated rings. The highest BCUT2D eigenvalue weighted by atomic mass is 16.6. The second-order valence-electron chi connectivity index (χ2n) is 4.15. The van der Waals surface area contributed by atoms with Gasteiger partial charge in [-0.05, 0) is 6.07 Å². The fraction of sp³-hybridized carbons (Fsp3) is 0.385. The van der Waals surface area contributed by atoms with Crippen molar-refractivity contribution in [2.24, 2.45) is 0 Å². The second kappa shape index (κ2) is 7.81. The van der Waals surface area contributed by atoms with Crippen LogP contribution in [0.2, 0.25) is 0 Å². The number of hydrogen-bond donors (Lipinski definition) is 1. The van der Waals surface area contributed by atoms with Gasteiger partial charge < -0.3 is 14.7 Å². The van der Waals surface area contributed by atoms with E-state index in [1.807, 2.05) is 6.07 Å². The highest BCUT2D eigenvalue weighted by Gasteiger charge is 2.19. The molecule has 0 unspecified atom stereocenters. The lowest BCUT2D eigenvalue weighted by atomic mass is 10.1. The summed E-state index contributed by atoms with van der Waals surface area (Å²) < 4.78 is 4.96. The molecule has 0 saturated heterocycles. The molecule has 1 aromatic rings. The van der Waals surface area contributed by atoms with Gasteiger partial charge in [0.05, 0.1) is 35.3 Å². The van der Waals surface area contributed by atoms with Gasteiger partial charge in [0.25, 0.3) is 5.69 Å². The Hall–Kier alpha value is -2.66. The van der Waals surface area contributed by atoms with Crippen LogP contribution in [-0.2, 0) is 4.74 Å². The Morgan fingerprint density at radius 1 is 1.52 bits per heavy atom. The van der Waals surface area contributed by atoms with Crippen LogP contribution in [0.25, 0.3) is 0 Å². The monoisotopic (exact) mass is 293 g/mol. The Labute approximate surface area is 121 Å². The van der Waals surface area contributed by atoms with Crippen molar-refractivity contribution in [3.63, 3.8) is 0 Å². The molecule has 1 aromatic carbocycles. The van der Waals surface area contributed by atoms with E-state index in [0.29, 0.717) is 25.4 Å². The Balaban J connectivity index is 3.19. The van der Waals surface area contributed by atoms with E-state index in [4.69, 9.17) is 10.00 Å². The number of non-ortho nitro benzene ring substituents is 1. The number of nitro benzene ring substituents is 1. The summed E-state index contributed by atoms with van der Waals surface area (Å²) in [6.07, 6.45) is 0.208. The third kappa shape index (κ3) is 4.43. The fourth-order valence-corrected chi connectivity index (χ4v) is 1.82. The summed E-state index contributed by atoms with van der Waals surface area (Å²) in [5.41, 5.74) is -0.123. The van der Waals surface area contributed by atoms with Crippen LogP contribution >= 0.6 is 0 Å². The van der Waals surface area contributed by atoms with E-state index >= 15 is 0 Å². The van der Waals surface area contributed by atoms with Crippen LogP contribution in [-0.4, -0.2) is 42.8 Å². The third-order valence-corrected chi connectivity index (χ3v) is 2.82. The quantitative estimate of drug-likeness (QED) is 0.572. The zero-order valence-electron chi connectivity index (χ0n) is 11.5. The first-order valence-electron chi connectivity index (χ1n) is 6.13. The van der Waals surface area contributed by atoms with E-state index < -0.39 is 10.9 Å². The van der Waals surface area contributed by atoms with E-state index in [2.05, 4.69) is 0 Å². The molecule has 8 heteroatoms. The molecule has 0 bridgehead atoms. The van der Waals surface area contributed by atoms with Crippen LogP contribution in [0.3, 0.4) is 0 Å². The lowest BCUT2D eigenvalue weighted by Gasteiger charge is -2.24. The van der Waals surface area contributed by atoms with Crippen LogP contribution < -0.4 is 4.90 Å². The summed E-state index contributed by atoms with van der Waals surface area (Å²) in [5, 5.41) is 28.6. The van der Waals surface area contributed by atoms with Crippen molar-refractivity contribution in [2.75, 3.05) is 31.7 Å². The van der Waals surface area contributed by atoms with E-state index in [9.17, 15) is 20.0 Å². The molecular formula is C13H15N3O5. The predicted octanol–water partition coefficient (Wildman–Crippen LogP) is 1.66. The van der Waals surface area contributed by atoms with Crippen molar-refractivity contribution < 1.29 is 19.6 Å². The lowest BCUT2D eigenvalue weighted by molar-refractivity contribution is -0.384. The second-order valence-corrected chi connectivity index (χ2v) is 4.15. The molecule has 0 atom stereocenters. The van der Waals surface area contributed by atoms with Crippen LogP contribution in [0.15, 0.2) is 18.2 Å². The number of aromatic carboxylic acids is 1. The predicted molar refractivity (Wildman–Crippen MR) is 74.4 cm³/mol. The SMILES string of the molecule is COCCN(CCC#N)c1ccc([N+](=O)[O-])cc1C(=O)O. The number of rotatable bonds is 8. The zero-order chi connectivity index (χ0) is 15.8. The summed E-state index contributed by atoms with van der Waals surface area (Å²) in [6, 6.07) is 5.63. The van der Waals surface area contributed by atoms with Crippen LogP contribution in [0.5, 0.6) is 0 Å². The van der Waals surface area contributed by atoms with Gasteiger partial charge in [0.15, 0.2) is 0 Å². The number of hydrogen-bond acceptors (Lipinski definition) is 6. The normalized spacial score (nSPS) is 9.90. The van der Waals surface area contributed by atoms with Crippen molar-refractivity contribution in [2.45, 2.75) is 6.42 Å². The minimum Gasteiger partial charge on any atom is -0.478 e. The van der Waals surface area contributed by atoms with Gasteiger partial charge in [-0.15, -0.1) is 0 Å². The molecule has 0 saturated carbocycles. The molecule has 0 aliphatic rings. The summed E-state index contributed by atoms with van der Waals surface area (Å²) in [4.78, 5) is 23.1. The summed E-state index contributed by atoms with van der Waals surface area (Å²) >= 11 is 0. The average molecular weight is 293 g/mol. The van der Waals surface area contributed by atoms with Gasteiger partial charge in [0, 0.05) is 32.3 Å². The Kier molecular flexibility index (Phi) is 6.10. The maximum Gasteiger partial charge on any atom is 0.338 e. The van der Waals surface area contributed by atoms with Crippen molar-refractivity contribution in [1.29, 1.82) is 5.26 Å². The number of carboxylic acid groups (broad SMARTS) is 1. The highest BCUT2D eigenvalue weighted by Crippen LogP contribution is 2.25. The molecule has 0 heterocycles. The molecule has 0 amide bonds. The lowest BCUT2D eigenvalue weighted by Crippen LogP contribution is -2.29. The number of nitrogens with zero attached hydrogens (tertiary/aromatic N) is 3. The van der Waals surface area contributed by atoms with Gasteiger partial charge >= 0.3 is 5.97 Å².